The van der Waals surface area contributed by atoms with Crippen molar-refractivity contribution in [3.63, 3.8) is 0 Å². The van der Waals surface area contributed by atoms with Gasteiger partial charge in [-0.2, -0.15) is 0 Å². The Morgan fingerprint density at radius 3 is 3.09 bits per heavy atom. The standard InChI is InChI=1S/C22H27FN8O2/c1-31-20(29-30-21(31)16-5-6-24-12-27-16)10-26-19-8-13(4-7-25-19)22(32)28-17-11-33-18-9-14(23)2-3-15(17)18/h2-3,5-6,8-9,12,17,19-21,25-26,29-30H,4,7,10-11H2,1H3,(H,28,32)/t17-,19?,20?,21?/m1/s1. The molecule has 0 aliphatic carbocycles. The summed E-state index contributed by atoms with van der Waals surface area (Å²) in [5.41, 5.74) is 8.93. The van der Waals surface area contributed by atoms with Gasteiger partial charge in [0.1, 0.15) is 30.7 Å². The summed E-state index contributed by atoms with van der Waals surface area (Å²) in [5, 5.41) is 9.86. The second-order valence-corrected chi connectivity index (χ2v) is 8.31. The van der Waals surface area contributed by atoms with Crippen molar-refractivity contribution >= 4 is 5.91 Å². The van der Waals surface area contributed by atoms with E-state index in [9.17, 15) is 9.18 Å². The van der Waals surface area contributed by atoms with Gasteiger partial charge in [0.2, 0.25) is 5.91 Å². The van der Waals surface area contributed by atoms with Gasteiger partial charge in [-0.3, -0.25) is 20.3 Å². The maximum atomic E-state index is 13.4. The Balaban J connectivity index is 1.16. The van der Waals surface area contributed by atoms with Crippen LogP contribution < -0.4 is 31.5 Å². The summed E-state index contributed by atoms with van der Waals surface area (Å²) in [6.45, 7) is 1.64. The molecule has 5 N–H and O–H groups in total. The quantitative estimate of drug-likeness (QED) is 0.413. The van der Waals surface area contributed by atoms with E-state index in [-0.39, 0.29) is 36.3 Å². The smallest absolute Gasteiger partial charge is 0.247 e. The van der Waals surface area contributed by atoms with Gasteiger partial charge in [-0.05, 0) is 31.7 Å². The molecule has 1 fully saturated rings. The summed E-state index contributed by atoms with van der Waals surface area (Å²) in [6.07, 6.45) is 5.66. The van der Waals surface area contributed by atoms with Crippen LogP contribution in [0.2, 0.25) is 0 Å². The van der Waals surface area contributed by atoms with Crippen LogP contribution in [0.4, 0.5) is 4.39 Å². The molecule has 1 saturated heterocycles. The number of amides is 1. The molecule has 33 heavy (non-hydrogen) atoms. The first kappa shape index (κ1) is 21.9. The first-order chi connectivity index (χ1) is 16.1. The number of hydrogen-bond acceptors (Lipinski definition) is 9. The van der Waals surface area contributed by atoms with Crippen LogP contribution in [0.5, 0.6) is 5.75 Å². The Morgan fingerprint density at radius 1 is 1.33 bits per heavy atom. The molecule has 4 atom stereocenters. The third-order valence-corrected chi connectivity index (χ3v) is 6.18. The van der Waals surface area contributed by atoms with Gasteiger partial charge in [-0.1, -0.05) is 6.07 Å². The lowest BCUT2D eigenvalue weighted by Gasteiger charge is -2.27. The Kier molecular flexibility index (Phi) is 6.29. The lowest BCUT2D eigenvalue weighted by Crippen LogP contribution is -2.51. The normalized spacial score (nSPS) is 27.0. The van der Waals surface area contributed by atoms with Crippen LogP contribution in [0.15, 0.2) is 48.4 Å². The molecule has 4 heterocycles. The van der Waals surface area contributed by atoms with E-state index in [2.05, 4.69) is 41.7 Å². The van der Waals surface area contributed by atoms with Crippen LogP contribution in [-0.2, 0) is 4.79 Å². The highest BCUT2D eigenvalue weighted by Gasteiger charge is 2.32. The van der Waals surface area contributed by atoms with Gasteiger partial charge in [-0.15, -0.1) is 0 Å². The molecule has 1 amide bonds. The minimum absolute atomic E-state index is 0.0342. The molecule has 3 aliphatic rings. The molecule has 10 nitrogen and oxygen atoms in total. The van der Waals surface area contributed by atoms with Gasteiger partial charge >= 0.3 is 0 Å². The number of nitrogens with one attached hydrogen (secondary N) is 5. The number of hydrazine groups is 1. The van der Waals surface area contributed by atoms with E-state index in [4.69, 9.17) is 4.74 Å². The van der Waals surface area contributed by atoms with Crippen LogP contribution in [0, 0.1) is 5.82 Å². The molecule has 5 rings (SSSR count). The van der Waals surface area contributed by atoms with Gasteiger partial charge in [-0.25, -0.2) is 25.2 Å². The van der Waals surface area contributed by atoms with Crippen LogP contribution >= 0.6 is 0 Å². The minimum Gasteiger partial charge on any atom is -0.491 e. The molecule has 174 valence electrons. The summed E-state index contributed by atoms with van der Waals surface area (Å²) in [4.78, 5) is 23.3. The Hall–Kier alpha value is -2.96. The summed E-state index contributed by atoms with van der Waals surface area (Å²) in [7, 11) is 2.02. The fraction of sp³-hybridized carbons (Fsp3) is 0.409. The summed E-state index contributed by atoms with van der Waals surface area (Å²) in [6, 6.07) is 6.00. The van der Waals surface area contributed by atoms with Crippen molar-refractivity contribution < 1.29 is 13.9 Å². The Morgan fingerprint density at radius 2 is 2.24 bits per heavy atom. The highest BCUT2D eigenvalue weighted by atomic mass is 19.1. The third kappa shape index (κ3) is 4.72. The SMILES string of the molecule is CN1C(CNC2C=C(C(=O)N[C@@H]3COc4cc(F)ccc43)CCN2)NNC1c1ccncn1. The molecule has 11 heteroatoms. The van der Waals surface area contributed by atoms with Crippen molar-refractivity contribution in [2.24, 2.45) is 0 Å². The van der Waals surface area contributed by atoms with Crippen LogP contribution in [0.1, 0.15) is 29.9 Å². The van der Waals surface area contributed by atoms with Gasteiger partial charge in [0.05, 0.1) is 24.1 Å². The van der Waals surface area contributed by atoms with Gasteiger partial charge in [0.25, 0.3) is 0 Å². The maximum absolute atomic E-state index is 13.4. The number of aromatic nitrogens is 2. The van der Waals surface area contributed by atoms with Gasteiger partial charge in [0.15, 0.2) is 0 Å². The second-order valence-electron chi connectivity index (χ2n) is 8.31. The molecule has 2 aromatic rings. The van der Waals surface area contributed by atoms with E-state index in [0.717, 1.165) is 11.3 Å². The van der Waals surface area contributed by atoms with Gasteiger partial charge < -0.3 is 10.1 Å². The number of likely N-dealkylation sites (N-methyl/N-ethyl adjacent to an activating group) is 1. The first-order valence-corrected chi connectivity index (χ1v) is 11.0. The molecule has 0 saturated carbocycles. The zero-order valence-corrected chi connectivity index (χ0v) is 18.2. The number of halogens is 1. The zero-order valence-electron chi connectivity index (χ0n) is 18.2. The summed E-state index contributed by atoms with van der Waals surface area (Å²) < 4.78 is 18.9. The van der Waals surface area contributed by atoms with E-state index >= 15 is 0 Å². The number of carbonyl (C=O) groups excluding carboxylic acids is 1. The fourth-order valence-corrected chi connectivity index (χ4v) is 4.32. The van der Waals surface area contributed by atoms with Gasteiger partial charge in [0, 0.05) is 36.5 Å². The van der Waals surface area contributed by atoms with Crippen molar-refractivity contribution in [2.75, 3.05) is 26.7 Å². The average molecular weight is 455 g/mol. The highest BCUT2D eigenvalue weighted by Crippen LogP contribution is 2.33. The molecule has 3 unspecified atom stereocenters. The number of benzene rings is 1. The summed E-state index contributed by atoms with van der Waals surface area (Å²) >= 11 is 0. The zero-order chi connectivity index (χ0) is 22.8. The van der Waals surface area contributed by atoms with Crippen molar-refractivity contribution in [2.45, 2.75) is 31.0 Å². The molecule has 0 spiro atoms. The van der Waals surface area contributed by atoms with Crippen molar-refractivity contribution in [1.82, 2.24) is 41.7 Å². The molecule has 0 radical (unpaired) electrons. The van der Waals surface area contributed by atoms with Crippen LogP contribution in [0.25, 0.3) is 0 Å². The predicted octanol–water partition coefficient (Wildman–Crippen LogP) is 0.0653. The predicted molar refractivity (Wildman–Crippen MR) is 118 cm³/mol. The molecular weight excluding hydrogens is 427 g/mol. The number of ether oxygens (including phenoxy) is 1. The van der Waals surface area contributed by atoms with E-state index in [1.165, 1.54) is 18.5 Å². The first-order valence-electron chi connectivity index (χ1n) is 11.0. The van der Waals surface area contributed by atoms with Crippen molar-refractivity contribution in [3.8, 4) is 5.75 Å². The number of hydrogen-bond donors (Lipinski definition) is 5. The average Bonchev–Trinajstić information content (AvgIpc) is 3.41. The van der Waals surface area contributed by atoms with E-state index in [0.29, 0.717) is 37.4 Å². The van der Waals surface area contributed by atoms with E-state index in [1.54, 1.807) is 12.3 Å². The number of rotatable bonds is 6. The van der Waals surface area contributed by atoms with E-state index in [1.807, 2.05) is 19.2 Å². The van der Waals surface area contributed by atoms with Crippen LogP contribution in [-0.4, -0.2) is 59.9 Å². The Bertz CT molecular complexity index is 1040. The molecule has 0 bridgehead atoms. The van der Waals surface area contributed by atoms with Crippen molar-refractivity contribution in [1.29, 1.82) is 0 Å². The molecular formula is C22H27FN8O2. The largest absolute Gasteiger partial charge is 0.491 e. The number of carbonyl (C=O) groups is 1. The third-order valence-electron chi connectivity index (χ3n) is 6.18. The number of nitrogens with zero attached hydrogens (tertiary/aromatic N) is 3. The maximum Gasteiger partial charge on any atom is 0.247 e. The molecule has 1 aromatic carbocycles. The summed E-state index contributed by atoms with van der Waals surface area (Å²) in [5.74, 6) is 0.00790. The lowest BCUT2D eigenvalue weighted by atomic mass is 10.0. The molecule has 3 aliphatic heterocycles. The van der Waals surface area contributed by atoms with E-state index < -0.39 is 0 Å². The Labute approximate surface area is 191 Å². The molecule has 1 aromatic heterocycles. The topological polar surface area (TPSA) is 115 Å². The van der Waals surface area contributed by atoms with Crippen molar-refractivity contribution in [3.05, 3.63) is 65.5 Å². The number of fused-ring (bicyclic) bond motifs is 1. The monoisotopic (exact) mass is 454 g/mol. The lowest BCUT2D eigenvalue weighted by molar-refractivity contribution is -0.118. The minimum atomic E-state index is -0.350. The fourth-order valence-electron chi connectivity index (χ4n) is 4.32. The van der Waals surface area contributed by atoms with Crippen LogP contribution in [0.3, 0.4) is 0 Å². The highest BCUT2D eigenvalue weighted by molar-refractivity contribution is 5.94. The second kappa shape index (κ2) is 9.49.